The molecule has 10 heavy (non-hydrogen) atoms. The molecule has 0 radical (unpaired) electrons. The molecule has 1 rings (SSSR count). The van der Waals surface area contributed by atoms with E-state index in [0.717, 1.165) is 6.34 Å². The average molecular weight is 152 g/mol. The monoisotopic (exact) mass is 152 g/mol. The second-order valence-electron chi connectivity index (χ2n) is 2.05. The van der Waals surface area contributed by atoms with Crippen molar-refractivity contribution in [2.45, 2.75) is 12.6 Å². The maximum atomic E-state index is 11.8. The minimum absolute atomic E-state index is 0.00579. The van der Waals surface area contributed by atoms with Crippen LogP contribution >= 0.6 is 0 Å². The van der Waals surface area contributed by atoms with Gasteiger partial charge in [-0.15, -0.1) is 0 Å². The van der Waals surface area contributed by atoms with E-state index in [1.807, 2.05) is 0 Å². The van der Waals surface area contributed by atoms with Gasteiger partial charge in [0.2, 0.25) is 0 Å². The van der Waals surface area contributed by atoms with Crippen molar-refractivity contribution in [1.82, 2.24) is 4.90 Å². The predicted octanol–water partition coefficient (Wildman–Crippen LogP) is 0.891. The van der Waals surface area contributed by atoms with E-state index >= 15 is 0 Å². The van der Waals surface area contributed by atoms with Crippen molar-refractivity contribution in [1.29, 1.82) is 0 Å². The highest BCUT2D eigenvalue weighted by Crippen LogP contribution is 2.09. The average Bonchev–Trinajstić information content (AvgIpc) is 2.34. The van der Waals surface area contributed by atoms with Gasteiger partial charge in [-0.3, -0.25) is 4.99 Å². The number of rotatable bonds is 2. The van der Waals surface area contributed by atoms with Gasteiger partial charge in [-0.05, 0) is 0 Å². The molecule has 2 nitrogen and oxygen atoms in total. The molecule has 0 spiro atoms. The van der Waals surface area contributed by atoms with Crippen molar-refractivity contribution in [3.05, 3.63) is 0 Å². The molecule has 1 aliphatic heterocycles. The summed E-state index contributed by atoms with van der Waals surface area (Å²) in [6, 6.07) is -0.589. The van der Waals surface area contributed by atoms with Crippen LogP contribution in [0.4, 0.5) is 13.2 Å². The fourth-order valence-electron chi connectivity index (χ4n) is 0.736. The lowest BCUT2D eigenvalue weighted by Crippen LogP contribution is -2.28. The maximum absolute atomic E-state index is 11.8. The summed E-state index contributed by atoms with van der Waals surface area (Å²) < 4.78 is 35.3. The molecule has 0 aromatic rings. The third-order valence-electron chi connectivity index (χ3n) is 1.28. The van der Waals surface area contributed by atoms with E-state index in [2.05, 4.69) is 4.99 Å². The van der Waals surface area contributed by atoms with Crippen molar-refractivity contribution >= 4 is 6.34 Å². The Morgan fingerprint density at radius 2 is 2.40 bits per heavy atom. The summed E-state index contributed by atoms with van der Waals surface area (Å²) in [5.41, 5.74) is 0. The molecule has 5 heteroatoms. The lowest BCUT2D eigenvalue weighted by atomic mass is 10.3. The zero-order chi connectivity index (χ0) is 7.56. The lowest BCUT2D eigenvalue weighted by molar-refractivity contribution is 0.0273. The molecule has 0 fully saturated rings. The minimum Gasteiger partial charge on any atom is -0.305 e. The van der Waals surface area contributed by atoms with E-state index < -0.39 is 19.3 Å². The molecule has 0 saturated carbocycles. The molecule has 1 unspecified atom stereocenters. The van der Waals surface area contributed by atoms with Crippen LogP contribution in [0.25, 0.3) is 0 Å². The van der Waals surface area contributed by atoms with Gasteiger partial charge < -0.3 is 4.90 Å². The van der Waals surface area contributed by atoms with Crippen molar-refractivity contribution in [2.75, 3.05) is 13.2 Å². The lowest BCUT2D eigenvalue weighted by Gasteiger charge is -2.12. The number of halogens is 3. The fourth-order valence-corrected chi connectivity index (χ4v) is 0.736. The van der Waals surface area contributed by atoms with Gasteiger partial charge in [0, 0.05) is 6.54 Å². The van der Waals surface area contributed by atoms with E-state index in [-0.39, 0.29) is 6.54 Å². The Hall–Kier alpha value is -0.740. The largest absolute Gasteiger partial charge is 0.316 e. The molecule has 0 N–H and O–H groups in total. The summed E-state index contributed by atoms with van der Waals surface area (Å²) in [4.78, 5) is 4.22. The van der Waals surface area contributed by atoms with Gasteiger partial charge in [0.15, 0.2) is 0 Å². The van der Waals surface area contributed by atoms with Crippen molar-refractivity contribution in [3.8, 4) is 0 Å². The van der Waals surface area contributed by atoms with Crippen molar-refractivity contribution in [3.63, 3.8) is 0 Å². The highest BCUT2D eigenvalue weighted by Gasteiger charge is 2.22. The van der Waals surface area contributed by atoms with Crippen LogP contribution in [0.1, 0.15) is 0 Å². The molecule has 58 valence electrons. The van der Waals surface area contributed by atoms with Gasteiger partial charge in [-0.2, -0.15) is 8.78 Å². The molecule has 0 bridgehead atoms. The number of aliphatic imine (C=N–C) groups is 1. The third kappa shape index (κ3) is 1.40. The van der Waals surface area contributed by atoms with Gasteiger partial charge in [-0.25, -0.2) is 4.39 Å². The molecular formula is C5H7F3N2. The van der Waals surface area contributed by atoms with Gasteiger partial charge >= 0.3 is 6.55 Å². The third-order valence-corrected chi connectivity index (χ3v) is 1.28. The summed E-state index contributed by atoms with van der Waals surface area (Å²) in [6.45, 7) is -3.23. The van der Waals surface area contributed by atoms with E-state index in [9.17, 15) is 13.2 Å². The van der Waals surface area contributed by atoms with Crippen LogP contribution in [0, 0.1) is 0 Å². The Balaban J connectivity index is 2.37. The van der Waals surface area contributed by atoms with Crippen molar-refractivity contribution in [2.24, 2.45) is 4.99 Å². The first-order chi connectivity index (χ1) is 4.74. The Morgan fingerprint density at radius 3 is 2.70 bits per heavy atom. The predicted molar refractivity (Wildman–Crippen MR) is 31.0 cm³/mol. The summed E-state index contributed by atoms with van der Waals surface area (Å²) >= 11 is 0. The normalized spacial score (nSPS) is 24.8. The standard InChI is InChI=1S/C5H7F3N2/c6-1-4-2-10(3-9-4)5(7)8/h3-5H,1-2H2. The van der Waals surface area contributed by atoms with E-state index in [4.69, 9.17) is 0 Å². The first-order valence-corrected chi connectivity index (χ1v) is 2.87. The zero-order valence-corrected chi connectivity index (χ0v) is 5.17. The second kappa shape index (κ2) is 2.90. The smallest absolute Gasteiger partial charge is 0.305 e. The first kappa shape index (κ1) is 7.37. The van der Waals surface area contributed by atoms with Gasteiger partial charge in [0.1, 0.15) is 6.67 Å². The highest BCUT2D eigenvalue weighted by molar-refractivity contribution is 5.57. The molecule has 1 atom stereocenters. The molecule has 1 aliphatic rings. The Bertz CT molecular complexity index is 137. The molecular weight excluding hydrogens is 145 g/mol. The highest BCUT2D eigenvalue weighted by atomic mass is 19.3. The molecule has 0 aromatic carbocycles. The summed E-state index contributed by atoms with van der Waals surface area (Å²) in [5.74, 6) is 0. The van der Waals surface area contributed by atoms with Crippen LogP contribution in [0.2, 0.25) is 0 Å². The quantitative estimate of drug-likeness (QED) is 0.536. The number of hydrogen-bond acceptors (Lipinski definition) is 2. The van der Waals surface area contributed by atoms with Gasteiger partial charge in [0.05, 0.1) is 12.4 Å². The fraction of sp³-hybridized carbons (Fsp3) is 0.800. The Labute approximate surface area is 56.3 Å². The molecule has 0 amide bonds. The van der Waals surface area contributed by atoms with E-state index in [1.54, 1.807) is 0 Å². The Kier molecular flexibility index (Phi) is 2.13. The van der Waals surface area contributed by atoms with Crippen molar-refractivity contribution < 1.29 is 13.2 Å². The van der Waals surface area contributed by atoms with Gasteiger partial charge in [0.25, 0.3) is 0 Å². The van der Waals surface area contributed by atoms with Gasteiger partial charge in [-0.1, -0.05) is 0 Å². The maximum Gasteiger partial charge on any atom is 0.316 e. The number of alkyl halides is 3. The number of hydrogen-bond donors (Lipinski definition) is 0. The van der Waals surface area contributed by atoms with Crippen LogP contribution < -0.4 is 0 Å². The molecule has 0 saturated heterocycles. The van der Waals surface area contributed by atoms with Crippen LogP contribution in [0.3, 0.4) is 0 Å². The summed E-state index contributed by atoms with van der Waals surface area (Å²) in [6.07, 6.45) is 0.995. The van der Waals surface area contributed by atoms with E-state index in [1.165, 1.54) is 0 Å². The molecule has 1 heterocycles. The van der Waals surface area contributed by atoms with Crippen LogP contribution in [0.5, 0.6) is 0 Å². The first-order valence-electron chi connectivity index (χ1n) is 2.87. The van der Waals surface area contributed by atoms with Crippen LogP contribution in [-0.2, 0) is 0 Å². The van der Waals surface area contributed by atoms with Crippen LogP contribution in [-0.4, -0.2) is 37.0 Å². The van der Waals surface area contributed by atoms with Crippen LogP contribution in [0.15, 0.2) is 4.99 Å². The number of nitrogens with zero attached hydrogens (tertiary/aromatic N) is 2. The topological polar surface area (TPSA) is 15.6 Å². The SMILES string of the molecule is FCC1CN(C(F)F)C=N1. The van der Waals surface area contributed by atoms with E-state index in [0.29, 0.717) is 4.90 Å². The molecule has 0 aliphatic carbocycles. The zero-order valence-electron chi connectivity index (χ0n) is 5.17. The second-order valence-corrected chi connectivity index (χ2v) is 2.05. The molecule has 0 aromatic heterocycles. The summed E-state index contributed by atoms with van der Waals surface area (Å²) in [5, 5.41) is 0. The summed E-state index contributed by atoms with van der Waals surface area (Å²) in [7, 11) is 0. The Morgan fingerprint density at radius 1 is 1.70 bits per heavy atom. The minimum atomic E-state index is -2.56.